The van der Waals surface area contributed by atoms with Gasteiger partial charge in [-0.3, -0.25) is 14.5 Å². The van der Waals surface area contributed by atoms with Crippen LogP contribution in [0, 0.1) is 0 Å². The lowest BCUT2D eigenvalue weighted by atomic mass is 9.65. The molecule has 0 bridgehead atoms. The zero-order valence-corrected chi connectivity index (χ0v) is 21.0. The van der Waals surface area contributed by atoms with E-state index in [4.69, 9.17) is 4.74 Å². The average molecular weight is 474 g/mol. The van der Waals surface area contributed by atoms with E-state index in [-0.39, 0.29) is 30.3 Å². The fourth-order valence-electron chi connectivity index (χ4n) is 6.58. The molecule has 0 unspecified atom stereocenters. The zero-order valence-electron chi connectivity index (χ0n) is 21.0. The first-order valence-corrected chi connectivity index (χ1v) is 12.6. The highest BCUT2D eigenvalue weighted by atomic mass is 16.5. The Hall–Kier alpha value is -3.12. The lowest BCUT2D eigenvalue weighted by Gasteiger charge is -2.55. The number of nitrogens with one attached hydrogen (secondary N) is 1. The highest BCUT2D eigenvalue weighted by Gasteiger charge is 2.52. The summed E-state index contributed by atoms with van der Waals surface area (Å²) in [6.45, 7) is 0.676. The molecule has 5 rings (SSSR count). The van der Waals surface area contributed by atoms with Gasteiger partial charge in [-0.1, -0.05) is 48.5 Å². The lowest BCUT2D eigenvalue weighted by Crippen LogP contribution is -2.58. The van der Waals surface area contributed by atoms with Gasteiger partial charge in [0.05, 0.1) is 19.1 Å². The van der Waals surface area contributed by atoms with E-state index in [1.165, 1.54) is 29.3 Å². The largest absolute Gasteiger partial charge is 0.469 e. The van der Waals surface area contributed by atoms with Crippen molar-refractivity contribution in [3.8, 4) is 0 Å². The Bertz CT molecular complexity index is 1220. The van der Waals surface area contributed by atoms with Gasteiger partial charge in [0.1, 0.15) is 0 Å². The van der Waals surface area contributed by atoms with Gasteiger partial charge in [0.2, 0.25) is 5.91 Å². The normalized spacial score (nSPS) is 24.1. The molecular formula is C29H35N3O3. The molecule has 1 aliphatic heterocycles. The molecule has 1 N–H and O–H groups in total. The third kappa shape index (κ3) is 3.84. The van der Waals surface area contributed by atoms with E-state index in [1.807, 2.05) is 0 Å². The van der Waals surface area contributed by atoms with E-state index in [0.29, 0.717) is 6.54 Å². The van der Waals surface area contributed by atoms with Crippen molar-refractivity contribution in [3.05, 3.63) is 71.4 Å². The third-order valence-corrected chi connectivity index (χ3v) is 8.52. The van der Waals surface area contributed by atoms with Crippen molar-refractivity contribution in [1.82, 2.24) is 14.8 Å². The number of fused-ring (bicyclic) bond motifs is 4. The first kappa shape index (κ1) is 23.6. The van der Waals surface area contributed by atoms with E-state index < -0.39 is 5.54 Å². The van der Waals surface area contributed by atoms with Crippen LogP contribution in [0.2, 0.25) is 0 Å². The number of amides is 1. The topological polar surface area (TPSA) is 65.6 Å². The number of benzene rings is 2. The number of ether oxygens (including phenoxy) is 1. The monoisotopic (exact) mass is 473 g/mol. The summed E-state index contributed by atoms with van der Waals surface area (Å²) in [5.74, 6) is -0.299. The number of esters is 1. The highest BCUT2D eigenvalue weighted by Crippen LogP contribution is 2.53. The molecule has 6 nitrogen and oxygen atoms in total. The molecule has 0 radical (unpaired) electrons. The standard InChI is InChI=1S/C29H35N3O3/c1-31(2)28(21-9-5-4-6-10-21)16-18-29(19-17-28)27-23(22-11-7-8-12-24(22)30-27)15-20-32(29)25(33)13-14-26(34)35-3/h4-12,30H,13-20H2,1-3H3. The quantitative estimate of drug-likeness (QED) is 0.544. The Kier molecular flexibility index (Phi) is 6.18. The number of rotatable bonds is 5. The minimum absolute atomic E-state index is 0.0387. The predicted molar refractivity (Wildman–Crippen MR) is 137 cm³/mol. The van der Waals surface area contributed by atoms with Crippen molar-refractivity contribution in [2.45, 2.75) is 56.0 Å². The van der Waals surface area contributed by atoms with E-state index >= 15 is 0 Å². The molecular weight excluding hydrogens is 438 g/mol. The fraction of sp³-hybridized carbons (Fsp3) is 0.448. The number of nitrogens with zero attached hydrogens (tertiary/aromatic N) is 2. The molecule has 1 aliphatic carbocycles. The molecule has 2 heterocycles. The molecule has 3 aromatic rings. The fourth-order valence-corrected chi connectivity index (χ4v) is 6.58. The van der Waals surface area contributed by atoms with Crippen LogP contribution in [0.25, 0.3) is 10.9 Å². The van der Waals surface area contributed by atoms with Crippen LogP contribution < -0.4 is 0 Å². The zero-order chi connectivity index (χ0) is 24.6. The second kappa shape index (κ2) is 9.15. The second-order valence-electron chi connectivity index (χ2n) is 10.2. The molecule has 184 valence electrons. The Morgan fingerprint density at radius 2 is 1.66 bits per heavy atom. The summed E-state index contributed by atoms with van der Waals surface area (Å²) >= 11 is 0. The number of carbonyl (C=O) groups is 2. The SMILES string of the molecule is COC(=O)CCC(=O)N1CCc2c([nH]c3ccccc23)C12CCC(c1ccccc1)(N(C)C)CC2. The molecule has 1 amide bonds. The highest BCUT2D eigenvalue weighted by molar-refractivity contribution is 5.87. The van der Waals surface area contributed by atoms with Gasteiger partial charge in [-0.2, -0.15) is 0 Å². The van der Waals surface area contributed by atoms with Crippen molar-refractivity contribution < 1.29 is 14.3 Å². The van der Waals surface area contributed by atoms with E-state index in [9.17, 15) is 9.59 Å². The van der Waals surface area contributed by atoms with Crippen LogP contribution in [-0.2, 0) is 31.8 Å². The number of H-pyrrole nitrogens is 1. The lowest BCUT2D eigenvalue weighted by molar-refractivity contribution is -0.148. The molecule has 6 heteroatoms. The second-order valence-corrected chi connectivity index (χ2v) is 10.2. The van der Waals surface area contributed by atoms with Crippen LogP contribution in [0.5, 0.6) is 0 Å². The number of hydrogen-bond donors (Lipinski definition) is 1. The third-order valence-electron chi connectivity index (χ3n) is 8.52. The molecule has 1 saturated carbocycles. The van der Waals surface area contributed by atoms with Gasteiger partial charge in [-0.05, 0) is 63.4 Å². The van der Waals surface area contributed by atoms with Gasteiger partial charge in [-0.25, -0.2) is 0 Å². The Morgan fingerprint density at radius 1 is 0.971 bits per heavy atom. The summed E-state index contributed by atoms with van der Waals surface area (Å²) in [5, 5.41) is 1.26. The summed E-state index contributed by atoms with van der Waals surface area (Å²) in [7, 11) is 5.70. The summed E-state index contributed by atoms with van der Waals surface area (Å²) in [5.41, 5.74) is 4.53. The van der Waals surface area contributed by atoms with E-state index in [0.717, 1.165) is 37.6 Å². The van der Waals surface area contributed by atoms with Crippen LogP contribution in [0.1, 0.15) is 55.3 Å². The van der Waals surface area contributed by atoms with E-state index in [1.54, 1.807) is 0 Å². The Labute approximate surface area is 207 Å². The molecule has 0 atom stereocenters. The van der Waals surface area contributed by atoms with Crippen LogP contribution in [-0.4, -0.2) is 54.4 Å². The number of hydrogen-bond acceptors (Lipinski definition) is 4. The maximum absolute atomic E-state index is 13.6. The van der Waals surface area contributed by atoms with Crippen LogP contribution >= 0.6 is 0 Å². The molecule has 2 aliphatic rings. The van der Waals surface area contributed by atoms with Gasteiger partial charge in [0.15, 0.2) is 0 Å². The van der Waals surface area contributed by atoms with Gasteiger partial charge in [0.25, 0.3) is 0 Å². The molecule has 1 aromatic heterocycles. The van der Waals surface area contributed by atoms with Gasteiger partial charge >= 0.3 is 5.97 Å². The summed E-state index contributed by atoms with van der Waals surface area (Å²) in [4.78, 5) is 33.5. The Balaban J connectivity index is 1.55. The minimum atomic E-state index is -0.395. The number of methoxy groups -OCH3 is 1. The summed E-state index contributed by atoms with van der Waals surface area (Å²) < 4.78 is 4.80. The van der Waals surface area contributed by atoms with Crippen molar-refractivity contribution in [3.63, 3.8) is 0 Å². The molecule has 2 aromatic carbocycles. The first-order valence-electron chi connectivity index (χ1n) is 12.6. The first-order chi connectivity index (χ1) is 16.9. The molecule has 35 heavy (non-hydrogen) atoms. The summed E-state index contributed by atoms with van der Waals surface area (Å²) in [6, 6.07) is 19.2. The van der Waals surface area contributed by atoms with Crippen LogP contribution in [0.15, 0.2) is 54.6 Å². The van der Waals surface area contributed by atoms with Crippen molar-refractivity contribution >= 4 is 22.8 Å². The maximum atomic E-state index is 13.6. The predicted octanol–water partition coefficient (Wildman–Crippen LogP) is 4.73. The summed E-state index contributed by atoms with van der Waals surface area (Å²) in [6.07, 6.45) is 4.74. The molecule has 1 fully saturated rings. The van der Waals surface area contributed by atoms with Crippen LogP contribution in [0.3, 0.4) is 0 Å². The number of aromatic nitrogens is 1. The van der Waals surface area contributed by atoms with Gasteiger partial charge in [0, 0.05) is 35.1 Å². The number of carbonyl (C=O) groups excluding carboxylic acids is 2. The Morgan fingerprint density at radius 3 is 2.34 bits per heavy atom. The smallest absolute Gasteiger partial charge is 0.306 e. The average Bonchev–Trinajstić information content (AvgIpc) is 3.28. The van der Waals surface area contributed by atoms with Crippen molar-refractivity contribution in [2.75, 3.05) is 27.7 Å². The minimum Gasteiger partial charge on any atom is -0.469 e. The maximum Gasteiger partial charge on any atom is 0.306 e. The van der Waals surface area contributed by atoms with Gasteiger partial charge < -0.3 is 14.6 Å². The number of aromatic amines is 1. The molecule has 0 saturated heterocycles. The van der Waals surface area contributed by atoms with Gasteiger partial charge in [-0.15, -0.1) is 0 Å². The molecule has 1 spiro atoms. The van der Waals surface area contributed by atoms with Crippen molar-refractivity contribution in [1.29, 1.82) is 0 Å². The number of para-hydroxylation sites is 1. The van der Waals surface area contributed by atoms with E-state index in [2.05, 4.69) is 83.5 Å². The van der Waals surface area contributed by atoms with Crippen LogP contribution in [0.4, 0.5) is 0 Å². The van der Waals surface area contributed by atoms with Crippen molar-refractivity contribution in [2.24, 2.45) is 0 Å².